The summed E-state index contributed by atoms with van der Waals surface area (Å²) >= 11 is 0. The second-order valence-corrected chi connectivity index (χ2v) is 2.84. The van der Waals surface area contributed by atoms with Crippen LogP contribution in [0.25, 0.3) is 0 Å². The van der Waals surface area contributed by atoms with Crippen molar-refractivity contribution in [2.75, 3.05) is 6.61 Å². The molecule has 4 N–H and O–H groups in total. The van der Waals surface area contributed by atoms with Crippen LogP contribution in [0.3, 0.4) is 0 Å². The summed E-state index contributed by atoms with van der Waals surface area (Å²) in [5.41, 5.74) is -0.618. The number of carboxylic acids is 1. The molecule has 1 heterocycles. The maximum absolute atomic E-state index is 11.4. The van der Waals surface area contributed by atoms with Gasteiger partial charge >= 0.3 is 5.97 Å². The molecule has 0 saturated carbocycles. The van der Waals surface area contributed by atoms with E-state index in [2.05, 4.69) is 9.97 Å². The Hall–Kier alpha value is -2.22. The van der Waals surface area contributed by atoms with Gasteiger partial charge in [0.05, 0.1) is 12.8 Å². The Morgan fingerprint density at radius 2 is 2.25 bits per heavy atom. The Balaban J connectivity index is 2.75. The monoisotopic (exact) mass is 227 g/mol. The van der Waals surface area contributed by atoms with Crippen molar-refractivity contribution in [1.29, 1.82) is 0 Å². The number of carboxylic acid groups (broad SMARTS) is 1. The quantitative estimate of drug-likeness (QED) is 0.467. The lowest BCUT2D eigenvalue weighted by Gasteiger charge is -2.10. The molecule has 0 aliphatic carbocycles. The molecule has 0 unspecified atom stereocenters. The number of rotatable bonds is 4. The molecular formula is C8H9N3O5. The first-order valence-electron chi connectivity index (χ1n) is 4.24. The standard InChI is InChI=1S/C8H9N3O5/c12-3-5(8(15)16)11-7(14)4-1-10-6(13)2-9-4/h1-2,5,12H,3H2,(H,10,13)(H,11,14)(H,15,16)/t5-/m0/s1. The summed E-state index contributed by atoms with van der Waals surface area (Å²) in [4.78, 5) is 38.2. The zero-order valence-electron chi connectivity index (χ0n) is 8.01. The molecule has 1 rings (SSSR count). The minimum absolute atomic E-state index is 0.140. The van der Waals surface area contributed by atoms with Crippen molar-refractivity contribution < 1.29 is 19.8 Å². The van der Waals surface area contributed by atoms with Gasteiger partial charge in [0, 0.05) is 6.20 Å². The first kappa shape index (κ1) is 11.9. The molecule has 8 nitrogen and oxygen atoms in total. The van der Waals surface area contributed by atoms with E-state index in [4.69, 9.17) is 10.2 Å². The largest absolute Gasteiger partial charge is 0.480 e. The van der Waals surface area contributed by atoms with E-state index in [0.29, 0.717) is 0 Å². The number of carbonyl (C=O) groups excluding carboxylic acids is 1. The minimum atomic E-state index is -1.40. The van der Waals surface area contributed by atoms with E-state index >= 15 is 0 Å². The summed E-state index contributed by atoms with van der Waals surface area (Å²) in [6.07, 6.45) is 1.94. The van der Waals surface area contributed by atoms with E-state index in [1.54, 1.807) is 0 Å². The van der Waals surface area contributed by atoms with Gasteiger partial charge in [0.1, 0.15) is 5.69 Å². The molecule has 86 valence electrons. The number of aromatic amines is 1. The van der Waals surface area contributed by atoms with Gasteiger partial charge in [-0.25, -0.2) is 9.78 Å². The van der Waals surface area contributed by atoms with E-state index in [1.165, 1.54) is 0 Å². The van der Waals surface area contributed by atoms with Gasteiger partial charge in [-0.3, -0.25) is 9.59 Å². The van der Waals surface area contributed by atoms with Crippen molar-refractivity contribution >= 4 is 11.9 Å². The Kier molecular flexibility index (Phi) is 3.72. The SMILES string of the molecule is O=C(N[C@@H](CO)C(=O)O)c1c[nH]c(=O)cn1. The van der Waals surface area contributed by atoms with Gasteiger partial charge in [-0.2, -0.15) is 0 Å². The number of aliphatic hydroxyl groups excluding tert-OH is 1. The lowest BCUT2D eigenvalue weighted by molar-refractivity contribution is -0.140. The van der Waals surface area contributed by atoms with E-state index < -0.39 is 30.1 Å². The van der Waals surface area contributed by atoms with Crippen LogP contribution in [0, 0.1) is 0 Å². The highest BCUT2D eigenvalue weighted by molar-refractivity contribution is 5.94. The number of carbonyl (C=O) groups is 2. The summed E-state index contributed by atoms with van der Waals surface area (Å²) in [5, 5.41) is 19.3. The normalized spacial score (nSPS) is 11.8. The summed E-state index contributed by atoms with van der Waals surface area (Å²) in [6, 6.07) is -1.40. The molecule has 8 heteroatoms. The molecule has 1 aromatic heterocycles. The smallest absolute Gasteiger partial charge is 0.328 e. The van der Waals surface area contributed by atoms with Crippen LogP contribution < -0.4 is 10.9 Å². The summed E-state index contributed by atoms with van der Waals surface area (Å²) in [6.45, 7) is -0.732. The molecule has 0 bridgehead atoms. The molecule has 0 aliphatic heterocycles. The zero-order valence-corrected chi connectivity index (χ0v) is 8.01. The van der Waals surface area contributed by atoms with Crippen molar-refractivity contribution in [1.82, 2.24) is 15.3 Å². The topological polar surface area (TPSA) is 132 Å². The number of aromatic nitrogens is 2. The van der Waals surface area contributed by atoms with Crippen LogP contribution >= 0.6 is 0 Å². The van der Waals surface area contributed by atoms with E-state index in [1.807, 2.05) is 5.32 Å². The maximum Gasteiger partial charge on any atom is 0.328 e. The average Bonchev–Trinajstić information content (AvgIpc) is 2.26. The molecule has 0 radical (unpaired) electrons. The van der Waals surface area contributed by atoms with Gasteiger partial charge in [0.2, 0.25) is 0 Å². The van der Waals surface area contributed by atoms with Gasteiger partial charge < -0.3 is 20.5 Å². The van der Waals surface area contributed by atoms with Crippen LogP contribution in [0.4, 0.5) is 0 Å². The Bertz CT molecular complexity index is 435. The molecule has 1 aromatic rings. The number of H-pyrrole nitrogens is 1. The van der Waals surface area contributed by atoms with Crippen LogP contribution in [0.15, 0.2) is 17.2 Å². The molecule has 0 aliphatic rings. The van der Waals surface area contributed by atoms with Crippen LogP contribution in [0.1, 0.15) is 10.5 Å². The Morgan fingerprint density at radius 1 is 1.56 bits per heavy atom. The molecular weight excluding hydrogens is 218 g/mol. The van der Waals surface area contributed by atoms with Crippen LogP contribution in [-0.2, 0) is 4.79 Å². The maximum atomic E-state index is 11.4. The first-order valence-corrected chi connectivity index (χ1v) is 4.24. The first-order chi connectivity index (χ1) is 7.54. The number of amides is 1. The number of nitrogens with zero attached hydrogens (tertiary/aromatic N) is 1. The predicted molar refractivity (Wildman–Crippen MR) is 50.8 cm³/mol. The number of aliphatic carboxylic acids is 1. The highest BCUT2D eigenvalue weighted by atomic mass is 16.4. The molecule has 0 fully saturated rings. The van der Waals surface area contributed by atoms with Crippen molar-refractivity contribution in [3.8, 4) is 0 Å². The third-order valence-corrected chi connectivity index (χ3v) is 1.69. The molecule has 16 heavy (non-hydrogen) atoms. The van der Waals surface area contributed by atoms with Crippen molar-refractivity contribution in [2.24, 2.45) is 0 Å². The Labute approximate surface area is 89.0 Å². The summed E-state index contributed by atoms with van der Waals surface area (Å²) in [5.74, 6) is -2.15. The molecule has 0 saturated heterocycles. The fourth-order valence-electron chi connectivity index (χ4n) is 0.884. The fourth-order valence-corrected chi connectivity index (χ4v) is 0.884. The average molecular weight is 227 g/mol. The highest BCUT2D eigenvalue weighted by Gasteiger charge is 2.20. The zero-order chi connectivity index (χ0) is 12.1. The van der Waals surface area contributed by atoms with E-state index in [0.717, 1.165) is 12.4 Å². The van der Waals surface area contributed by atoms with Gasteiger partial charge in [0.25, 0.3) is 11.5 Å². The van der Waals surface area contributed by atoms with Gasteiger partial charge in [-0.15, -0.1) is 0 Å². The van der Waals surface area contributed by atoms with Crippen molar-refractivity contribution in [2.45, 2.75) is 6.04 Å². The Morgan fingerprint density at radius 3 is 2.69 bits per heavy atom. The number of hydrogen-bond donors (Lipinski definition) is 4. The van der Waals surface area contributed by atoms with Crippen LogP contribution in [-0.4, -0.2) is 44.7 Å². The lowest BCUT2D eigenvalue weighted by atomic mass is 10.3. The van der Waals surface area contributed by atoms with Crippen molar-refractivity contribution in [3.63, 3.8) is 0 Å². The second kappa shape index (κ2) is 5.03. The fraction of sp³-hybridized carbons (Fsp3) is 0.250. The third kappa shape index (κ3) is 2.89. The molecule has 1 amide bonds. The van der Waals surface area contributed by atoms with Gasteiger partial charge in [-0.1, -0.05) is 0 Å². The van der Waals surface area contributed by atoms with E-state index in [-0.39, 0.29) is 5.69 Å². The minimum Gasteiger partial charge on any atom is -0.480 e. The number of hydrogen-bond acceptors (Lipinski definition) is 5. The van der Waals surface area contributed by atoms with Crippen molar-refractivity contribution in [3.05, 3.63) is 28.4 Å². The van der Waals surface area contributed by atoms with Gasteiger partial charge in [0.15, 0.2) is 6.04 Å². The molecule has 0 aromatic carbocycles. The highest BCUT2D eigenvalue weighted by Crippen LogP contribution is 1.90. The lowest BCUT2D eigenvalue weighted by Crippen LogP contribution is -2.43. The van der Waals surface area contributed by atoms with Gasteiger partial charge in [-0.05, 0) is 0 Å². The van der Waals surface area contributed by atoms with Crippen LogP contribution in [0.2, 0.25) is 0 Å². The second-order valence-electron chi connectivity index (χ2n) is 2.84. The summed E-state index contributed by atoms with van der Waals surface area (Å²) in [7, 11) is 0. The molecule has 0 spiro atoms. The third-order valence-electron chi connectivity index (χ3n) is 1.69. The summed E-state index contributed by atoms with van der Waals surface area (Å²) < 4.78 is 0. The predicted octanol–water partition coefficient (Wildman–Crippen LogP) is -2.05. The number of aliphatic hydroxyl groups is 1. The van der Waals surface area contributed by atoms with Crippen LogP contribution in [0.5, 0.6) is 0 Å². The van der Waals surface area contributed by atoms with E-state index in [9.17, 15) is 14.4 Å². The molecule has 1 atom stereocenters. The number of nitrogens with one attached hydrogen (secondary N) is 2.